The first kappa shape index (κ1) is 21.2. The molecule has 0 radical (unpaired) electrons. The first-order valence-corrected chi connectivity index (χ1v) is 11.1. The quantitative estimate of drug-likeness (QED) is 0.409. The third-order valence-electron chi connectivity index (χ3n) is 5.75. The van der Waals surface area contributed by atoms with Gasteiger partial charge in [0.2, 0.25) is 11.7 Å². The third-order valence-corrected chi connectivity index (χ3v) is 5.75. The summed E-state index contributed by atoms with van der Waals surface area (Å²) in [6.45, 7) is 4.64. The average molecular weight is 445 g/mol. The second-order valence-electron chi connectivity index (χ2n) is 8.05. The van der Waals surface area contributed by atoms with E-state index in [0.717, 1.165) is 48.7 Å². The highest BCUT2D eigenvalue weighted by molar-refractivity contribution is 5.55. The number of hydrogen-bond acceptors (Lipinski definition) is 6. The van der Waals surface area contributed by atoms with Gasteiger partial charge in [0.25, 0.3) is 0 Å². The molecule has 0 bridgehead atoms. The molecular formula is C26H25FN4O2. The Labute approximate surface area is 192 Å². The summed E-state index contributed by atoms with van der Waals surface area (Å²) in [4.78, 5) is 9.12. The lowest BCUT2D eigenvalue weighted by Gasteiger charge is -2.35. The van der Waals surface area contributed by atoms with Gasteiger partial charge in [-0.3, -0.25) is 4.90 Å². The number of anilines is 1. The number of rotatable bonds is 7. The summed E-state index contributed by atoms with van der Waals surface area (Å²) in [6, 6.07) is 24.5. The summed E-state index contributed by atoms with van der Waals surface area (Å²) in [7, 11) is 0. The van der Waals surface area contributed by atoms with Crippen LogP contribution in [-0.2, 0) is 13.2 Å². The van der Waals surface area contributed by atoms with Crippen molar-refractivity contribution in [1.29, 1.82) is 0 Å². The highest BCUT2D eigenvalue weighted by Crippen LogP contribution is 2.22. The number of hydrogen-bond donors (Lipinski definition) is 0. The summed E-state index contributed by atoms with van der Waals surface area (Å²) in [5, 5.41) is 4.15. The van der Waals surface area contributed by atoms with Gasteiger partial charge < -0.3 is 14.2 Å². The number of piperazine rings is 1. The first-order valence-electron chi connectivity index (χ1n) is 11.1. The maximum atomic E-state index is 13.1. The van der Waals surface area contributed by atoms with Gasteiger partial charge in [-0.25, -0.2) is 4.39 Å². The van der Waals surface area contributed by atoms with E-state index in [-0.39, 0.29) is 5.82 Å². The number of benzene rings is 3. The Bertz CT molecular complexity index is 1160. The van der Waals surface area contributed by atoms with Crippen molar-refractivity contribution < 1.29 is 13.7 Å². The molecule has 33 heavy (non-hydrogen) atoms. The molecule has 0 unspecified atom stereocenters. The minimum Gasteiger partial charge on any atom is -0.489 e. The lowest BCUT2D eigenvalue weighted by atomic mass is 10.2. The van der Waals surface area contributed by atoms with Crippen LogP contribution in [0.5, 0.6) is 5.75 Å². The molecule has 0 N–H and O–H groups in total. The predicted molar refractivity (Wildman–Crippen MR) is 124 cm³/mol. The van der Waals surface area contributed by atoms with Gasteiger partial charge in [0.1, 0.15) is 18.2 Å². The molecule has 0 aliphatic carbocycles. The van der Waals surface area contributed by atoms with Crippen molar-refractivity contribution >= 4 is 5.69 Å². The Morgan fingerprint density at radius 3 is 2.30 bits per heavy atom. The fourth-order valence-corrected chi connectivity index (χ4v) is 3.88. The highest BCUT2D eigenvalue weighted by Gasteiger charge is 2.20. The molecule has 6 nitrogen and oxygen atoms in total. The van der Waals surface area contributed by atoms with Crippen LogP contribution < -0.4 is 9.64 Å². The van der Waals surface area contributed by atoms with Gasteiger partial charge in [0.15, 0.2) is 0 Å². The van der Waals surface area contributed by atoms with Crippen molar-refractivity contribution in [3.8, 4) is 17.1 Å². The topological polar surface area (TPSA) is 54.6 Å². The molecule has 0 spiro atoms. The molecule has 7 heteroatoms. The standard InChI is InChI=1S/C26H25FN4O2/c27-22-8-10-23(11-9-22)31-16-14-30(15-17-31)18-25-28-26(29-33-25)21-6-12-24(13-7-21)32-19-20-4-2-1-3-5-20/h1-13H,14-19H2. The maximum Gasteiger partial charge on any atom is 0.241 e. The third kappa shape index (κ3) is 5.38. The molecule has 3 aromatic carbocycles. The Morgan fingerprint density at radius 1 is 0.848 bits per heavy atom. The monoisotopic (exact) mass is 444 g/mol. The Morgan fingerprint density at radius 2 is 1.58 bits per heavy atom. The zero-order valence-corrected chi connectivity index (χ0v) is 18.2. The second kappa shape index (κ2) is 9.83. The van der Waals surface area contributed by atoms with Crippen molar-refractivity contribution in [3.05, 3.63) is 96.1 Å². The van der Waals surface area contributed by atoms with Crippen LogP contribution in [0.25, 0.3) is 11.4 Å². The summed E-state index contributed by atoms with van der Waals surface area (Å²) in [6.07, 6.45) is 0. The van der Waals surface area contributed by atoms with E-state index in [4.69, 9.17) is 9.26 Å². The second-order valence-corrected chi connectivity index (χ2v) is 8.05. The van der Waals surface area contributed by atoms with Gasteiger partial charge in [-0.1, -0.05) is 35.5 Å². The lowest BCUT2D eigenvalue weighted by Crippen LogP contribution is -2.46. The molecule has 1 saturated heterocycles. The molecule has 1 aliphatic rings. The Kier molecular flexibility index (Phi) is 6.30. The van der Waals surface area contributed by atoms with Gasteiger partial charge in [0, 0.05) is 37.4 Å². The fourth-order valence-electron chi connectivity index (χ4n) is 3.88. The van der Waals surface area contributed by atoms with E-state index in [0.29, 0.717) is 24.9 Å². The predicted octanol–water partition coefficient (Wildman–Crippen LogP) is 4.78. The van der Waals surface area contributed by atoms with E-state index < -0.39 is 0 Å². The zero-order chi connectivity index (χ0) is 22.5. The van der Waals surface area contributed by atoms with E-state index in [9.17, 15) is 4.39 Å². The summed E-state index contributed by atoms with van der Waals surface area (Å²) in [5.41, 5.74) is 3.06. The first-order chi connectivity index (χ1) is 16.2. The van der Waals surface area contributed by atoms with Crippen LogP contribution >= 0.6 is 0 Å². The van der Waals surface area contributed by atoms with E-state index in [1.165, 1.54) is 12.1 Å². The largest absolute Gasteiger partial charge is 0.489 e. The van der Waals surface area contributed by atoms with E-state index in [2.05, 4.69) is 19.9 Å². The molecule has 1 fully saturated rings. The van der Waals surface area contributed by atoms with Crippen LogP contribution in [-0.4, -0.2) is 41.2 Å². The summed E-state index contributed by atoms with van der Waals surface area (Å²) >= 11 is 0. The molecule has 1 aliphatic heterocycles. The van der Waals surface area contributed by atoms with E-state index in [1.54, 1.807) is 0 Å². The number of nitrogens with zero attached hydrogens (tertiary/aromatic N) is 4. The van der Waals surface area contributed by atoms with Crippen LogP contribution in [0.4, 0.5) is 10.1 Å². The number of ether oxygens (including phenoxy) is 1. The number of halogens is 1. The highest BCUT2D eigenvalue weighted by atomic mass is 19.1. The van der Waals surface area contributed by atoms with Gasteiger partial charge in [-0.05, 0) is 54.1 Å². The van der Waals surface area contributed by atoms with Crippen molar-refractivity contribution in [3.63, 3.8) is 0 Å². The minimum atomic E-state index is -0.209. The Hall–Kier alpha value is -3.71. The van der Waals surface area contributed by atoms with Gasteiger partial charge in [-0.15, -0.1) is 0 Å². The van der Waals surface area contributed by atoms with Crippen LogP contribution in [0.2, 0.25) is 0 Å². The van der Waals surface area contributed by atoms with E-state index in [1.807, 2.05) is 66.7 Å². The smallest absolute Gasteiger partial charge is 0.241 e. The summed E-state index contributed by atoms with van der Waals surface area (Å²) in [5.74, 6) is 1.76. The molecule has 5 rings (SSSR count). The van der Waals surface area contributed by atoms with Crippen molar-refractivity contribution in [1.82, 2.24) is 15.0 Å². The molecule has 168 valence electrons. The van der Waals surface area contributed by atoms with Crippen LogP contribution in [0.15, 0.2) is 83.4 Å². The normalized spacial score (nSPS) is 14.4. The van der Waals surface area contributed by atoms with Crippen LogP contribution in [0, 0.1) is 5.82 Å². The number of aromatic nitrogens is 2. The lowest BCUT2D eigenvalue weighted by molar-refractivity contribution is 0.215. The van der Waals surface area contributed by atoms with Gasteiger partial charge >= 0.3 is 0 Å². The van der Waals surface area contributed by atoms with Gasteiger partial charge in [0.05, 0.1) is 6.54 Å². The van der Waals surface area contributed by atoms with Crippen molar-refractivity contribution in [2.24, 2.45) is 0 Å². The Balaban J connectivity index is 1.13. The molecule has 2 heterocycles. The molecule has 4 aromatic rings. The van der Waals surface area contributed by atoms with Gasteiger partial charge in [-0.2, -0.15) is 4.98 Å². The molecular weight excluding hydrogens is 419 g/mol. The molecule has 0 amide bonds. The van der Waals surface area contributed by atoms with Crippen LogP contribution in [0.1, 0.15) is 11.5 Å². The molecule has 0 saturated carbocycles. The fraction of sp³-hybridized carbons (Fsp3) is 0.231. The molecule has 0 atom stereocenters. The maximum absolute atomic E-state index is 13.1. The van der Waals surface area contributed by atoms with E-state index >= 15 is 0 Å². The SMILES string of the molecule is Fc1ccc(N2CCN(Cc3nc(-c4ccc(OCc5ccccc5)cc4)no3)CC2)cc1. The summed E-state index contributed by atoms with van der Waals surface area (Å²) < 4.78 is 24.5. The molecule has 1 aromatic heterocycles. The zero-order valence-electron chi connectivity index (χ0n) is 18.2. The van der Waals surface area contributed by atoms with Crippen LogP contribution in [0.3, 0.4) is 0 Å². The van der Waals surface area contributed by atoms with Crippen molar-refractivity contribution in [2.45, 2.75) is 13.2 Å². The minimum absolute atomic E-state index is 0.209. The van der Waals surface area contributed by atoms with Crippen molar-refractivity contribution in [2.75, 3.05) is 31.1 Å². The average Bonchev–Trinajstić information content (AvgIpc) is 3.33.